The molecule has 0 saturated heterocycles. The molecular weight excluding hydrogens is 292 g/mol. The van der Waals surface area contributed by atoms with E-state index in [4.69, 9.17) is 0 Å². The highest BCUT2D eigenvalue weighted by Gasteiger charge is 2.07. The van der Waals surface area contributed by atoms with Crippen molar-refractivity contribution in [2.75, 3.05) is 24.3 Å². The average molecular weight is 307 g/mol. The normalized spacial score (nSPS) is 10.2. The number of halogens is 2. The van der Waals surface area contributed by atoms with Crippen LogP contribution >= 0.6 is 0 Å². The van der Waals surface area contributed by atoms with Crippen molar-refractivity contribution in [2.24, 2.45) is 0 Å². The molecule has 2 aromatic rings. The molecule has 0 atom stereocenters. The van der Waals surface area contributed by atoms with Crippen LogP contribution in [0.15, 0.2) is 30.5 Å². The van der Waals surface area contributed by atoms with E-state index in [0.717, 1.165) is 12.1 Å². The van der Waals surface area contributed by atoms with Gasteiger partial charge in [-0.1, -0.05) is 0 Å². The Hall–Kier alpha value is -2.77. The van der Waals surface area contributed by atoms with Crippen molar-refractivity contribution in [3.05, 3.63) is 47.9 Å². The molecular formula is C14H15F2N5O. The summed E-state index contributed by atoms with van der Waals surface area (Å²) in [5.74, 6) is -0.848. The smallest absolute Gasteiger partial charge is 0.319 e. The fraction of sp³-hybridized carbons (Fsp3) is 0.214. The molecule has 0 bridgehead atoms. The summed E-state index contributed by atoms with van der Waals surface area (Å²) < 4.78 is 25.8. The number of urea groups is 1. The predicted molar refractivity (Wildman–Crippen MR) is 78.6 cm³/mol. The van der Waals surface area contributed by atoms with Crippen molar-refractivity contribution in [3.63, 3.8) is 0 Å². The summed E-state index contributed by atoms with van der Waals surface area (Å²) in [5, 5.41) is 4.93. The minimum absolute atomic E-state index is 0.108. The summed E-state index contributed by atoms with van der Waals surface area (Å²) in [6.07, 6.45) is 1.59. The van der Waals surface area contributed by atoms with E-state index in [2.05, 4.69) is 20.6 Å². The second-order valence-corrected chi connectivity index (χ2v) is 4.66. The van der Waals surface area contributed by atoms with Crippen LogP contribution in [0.5, 0.6) is 0 Å². The van der Waals surface area contributed by atoms with E-state index in [1.807, 2.05) is 19.0 Å². The molecule has 0 aliphatic heterocycles. The molecule has 0 radical (unpaired) electrons. The molecule has 0 spiro atoms. The molecule has 0 aliphatic carbocycles. The molecule has 1 aromatic heterocycles. The number of carbonyl (C=O) groups is 1. The minimum Gasteiger partial charge on any atom is -0.363 e. The summed E-state index contributed by atoms with van der Waals surface area (Å²) in [6, 6.07) is 4.28. The fourth-order valence-electron chi connectivity index (χ4n) is 1.63. The van der Waals surface area contributed by atoms with Crippen LogP contribution in [0.4, 0.5) is 25.1 Å². The maximum absolute atomic E-state index is 13.0. The first-order chi connectivity index (χ1) is 10.5. The van der Waals surface area contributed by atoms with E-state index in [0.29, 0.717) is 11.6 Å². The van der Waals surface area contributed by atoms with Gasteiger partial charge in [-0.3, -0.25) is 0 Å². The van der Waals surface area contributed by atoms with Gasteiger partial charge in [-0.15, -0.1) is 0 Å². The zero-order chi connectivity index (χ0) is 16.1. The van der Waals surface area contributed by atoms with Gasteiger partial charge in [-0.25, -0.2) is 23.5 Å². The number of nitrogens with zero attached hydrogens (tertiary/aromatic N) is 3. The van der Waals surface area contributed by atoms with Gasteiger partial charge in [0.15, 0.2) is 11.6 Å². The third-order valence-corrected chi connectivity index (χ3v) is 2.73. The van der Waals surface area contributed by atoms with E-state index in [1.54, 1.807) is 12.3 Å². The van der Waals surface area contributed by atoms with E-state index < -0.39 is 17.7 Å². The number of anilines is 2. The van der Waals surface area contributed by atoms with Crippen LogP contribution in [-0.2, 0) is 6.54 Å². The molecule has 6 nitrogen and oxygen atoms in total. The Morgan fingerprint density at radius 1 is 1.23 bits per heavy atom. The Balaban J connectivity index is 1.92. The lowest BCUT2D eigenvalue weighted by Crippen LogP contribution is -2.29. The number of aromatic nitrogens is 2. The molecule has 1 heterocycles. The first-order valence-electron chi connectivity index (χ1n) is 6.45. The van der Waals surface area contributed by atoms with Crippen molar-refractivity contribution < 1.29 is 13.6 Å². The van der Waals surface area contributed by atoms with Crippen LogP contribution < -0.4 is 15.5 Å². The minimum atomic E-state index is -1.03. The van der Waals surface area contributed by atoms with Gasteiger partial charge in [-0.05, 0) is 18.2 Å². The highest BCUT2D eigenvalue weighted by molar-refractivity contribution is 5.89. The van der Waals surface area contributed by atoms with E-state index >= 15 is 0 Å². The lowest BCUT2D eigenvalue weighted by molar-refractivity contribution is 0.251. The molecule has 2 rings (SSSR count). The first-order valence-corrected chi connectivity index (χ1v) is 6.45. The summed E-state index contributed by atoms with van der Waals surface area (Å²) in [5.41, 5.74) is 0.152. The Morgan fingerprint density at radius 3 is 2.68 bits per heavy atom. The van der Waals surface area contributed by atoms with Gasteiger partial charge in [0.25, 0.3) is 0 Å². The van der Waals surface area contributed by atoms with Crippen LogP contribution in [0.2, 0.25) is 0 Å². The molecule has 8 heteroatoms. The Kier molecular flexibility index (Phi) is 4.82. The lowest BCUT2D eigenvalue weighted by atomic mass is 10.3. The summed E-state index contributed by atoms with van der Waals surface area (Å²) in [4.78, 5) is 21.8. The molecule has 1 aromatic carbocycles. The van der Waals surface area contributed by atoms with Crippen molar-refractivity contribution in [2.45, 2.75) is 6.54 Å². The van der Waals surface area contributed by atoms with Gasteiger partial charge >= 0.3 is 6.03 Å². The Morgan fingerprint density at radius 2 is 2.00 bits per heavy atom. The molecule has 2 amide bonds. The Labute approximate surface area is 126 Å². The number of amides is 2. The van der Waals surface area contributed by atoms with E-state index in [1.165, 1.54) is 6.07 Å². The largest absolute Gasteiger partial charge is 0.363 e. The predicted octanol–water partition coefficient (Wildman–Crippen LogP) is 2.14. The topological polar surface area (TPSA) is 70.2 Å². The average Bonchev–Trinajstić information content (AvgIpc) is 2.49. The zero-order valence-electron chi connectivity index (χ0n) is 12.1. The van der Waals surface area contributed by atoms with Crippen LogP contribution in [-0.4, -0.2) is 30.1 Å². The van der Waals surface area contributed by atoms with Gasteiger partial charge in [0.05, 0.1) is 6.54 Å². The van der Waals surface area contributed by atoms with Crippen molar-refractivity contribution in [1.82, 2.24) is 15.3 Å². The van der Waals surface area contributed by atoms with Crippen molar-refractivity contribution >= 4 is 17.5 Å². The molecule has 116 valence electrons. The molecule has 0 fully saturated rings. The van der Waals surface area contributed by atoms with Crippen LogP contribution in [0, 0.1) is 11.6 Å². The van der Waals surface area contributed by atoms with Crippen molar-refractivity contribution in [1.29, 1.82) is 0 Å². The maximum atomic E-state index is 13.0. The number of benzene rings is 1. The number of hydrogen-bond donors (Lipinski definition) is 2. The third kappa shape index (κ3) is 4.11. The van der Waals surface area contributed by atoms with Gasteiger partial charge in [-0.2, -0.15) is 0 Å². The third-order valence-electron chi connectivity index (χ3n) is 2.73. The van der Waals surface area contributed by atoms with Gasteiger partial charge < -0.3 is 15.5 Å². The number of rotatable bonds is 4. The summed E-state index contributed by atoms with van der Waals surface area (Å²) in [7, 11) is 3.69. The molecule has 0 saturated carbocycles. The first kappa shape index (κ1) is 15.6. The van der Waals surface area contributed by atoms with Gasteiger partial charge in [0.1, 0.15) is 11.6 Å². The van der Waals surface area contributed by atoms with Gasteiger partial charge in [0, 0.05) is 32.0 Å². The lowest BCUT2D eigenvalue weighted by Gasteiger charge is -2.12. The second-order valence-electron chi connectivity index (χ2n) is 4.66. The van der Waals surface area contributed by atoms with Crippen LogP contribution in [0.1, 0.15) is 5.82 Å². The van der Waals surface area contributed by atoms with Crippen molar-refractivity contribution in [3.8, 4) is 0 Å². The number of nitrogens with one attached hydrogen (secondary N) is 2. The fourth-order valence-corrected chi connectivity index (χ4v) is 1.63. The molecule has 0 aliphatic rings. The second kappa shape index (κ2) is 6.79. The van der Waals surface area contributed by atoms with Crippen LogP contribution in [0.25, 0.3) is 0 Å². The Bertz CT molecular complexity index is 678. The molecule has 22 heavy (non-hydrogen) atoms. The zero-order valence-corrected chi connectivity index (χ0v) is 12.1. The quantitative estimate of drug-likeness (QED) is 0.908. The molecule has 0 unspecified atom stereocenters. The van der Waals surface area contributed by atoms with E-state index in [-0.39, 0.29) is 12.2 Å². The standard InChI is InChI=1S/C14H15F2N5O/c1-21(2)13-5-6-17-12(20-13)8-18-14(22)19-9-3-4-10(15)11(16)7-9/h3-7H,8H2,1-2H3,(H2,18,19,22). The molecule has 2 N–H and O–H groups in total. The monoisotopic (exact) mass is 307 g/mol. The number of hydrogen-bond acceptors (Lipinski definition) is 4. The highest BCUT2D eigenvalue weighted by atomic mass is 19.2. The maximum Gasteiger partial charge on any atom is 0.319 e. The van der Waals surface area contributed by atoms with E-state index in [9.17, 15) is 13.6 Å². The SMILES string of the molecule is CN(C)c1ccnc(CNC(=O)Nc2ccc(F)c(F)c2)n1. The number of carbonyl (C=O) groups excluding carboxylic acids is 1. The van der Waals surface area contributed by atoms with Crippen LogP contribution in [0.3, 0.4) is 0 Å². The van der Waals surface area contributed by atoms with Gasteiger partial charge in [0.2, 0.25) is 0 Å². The summed E-state index contributed by atoms with van der Waals surface area (Å²) in [6.45, 7) is 0.108. The summed E-state index contributed by atoms with van der Waals surface area (Å²) >= 11 is 0. The highest BCUT2D eigenvalue weighted by Crippen LogP contribution is 2.12.